The summed E-state index contributed by atoms with van der Waals surface area (Å²) < 4.78 is 0. The molecule has 0 aliphatic rings. The first kappa shape index (κ1) is 13.5. The van der Waals surface area contributed by atoms with Gasteiger partial charge in [0.2, 0.25) is 0 Å². The van der Waals surface area contributed by atoms with Crippen LogP contribution in [0, 0.1) is 0 Å². The highest BCUT2D eigenvalue weighted by atomic mass is 16.4. The average Bonchev–Trinajstić information content (AvgIpc) is 2.26. The molecular weight excluding hydrogens is 196 g/mol. The summed E-state index contributed by atoms with van der Waals surface area (Å²) >= 11 is 0. The summed E-state index contributed by atoms with van der Waals surface area (Å²) in [5, 5.41) is 14.3. The molecule has 4 N–H and O–H groups in total. The Morgan fingerprint density at radius 1 is 1.60 bits per heavy atom. The number of hydrogen-bond acceptors (Lipinski definition) is 3. The second kappa shape index (κ2) is 5.43. The summed E-state index contributed by atoms with van der Waals surface area (Å²) in [7, 11) is 1.68. The lowest BCUT2D eigenvalue weighted by molar-refractivity contribution is 0.202. The number of urea groups is 1. The summed E-state index contributed by atoms with van der Waals surface area (Å²) in [6.07, 6.45) is 0.548. The monoisotopic (exact) mass is 216 g/mol. The normalized spacial score (nSPS) is 15.6. The lowest BCUT2D eigenvalue weighted by Gasteiger charge is -2.30. The lowest BCUT2D eigenvalue weighted by Crippen LogP contribution is -2.57. The third-order valence-electron chi connectivity index (χ3n) is 2.58. The molecule has 2 amide bonds. The first-order valence-electron chi connectivity index (χ1n) is 4.92. The summed E-state index contributed by atoms with van der Waals surface area (Å²) in [5.41, 5.74) is 4.71. The van der Waals surface area contributed by atoms with E-state index in [1.807, 2.05) is 13.8 Å². The van der Waals surface area contributed by atoms with Crippen LogP contribution < -0.4 is 11.1 Å². The van der Waals surface area contributed by atoms with E-state index < -0.39 is 5.54 Å². The van der Waals surface area contributed by atoms with Gasteiger partial charge in [-0.1, -0.05) is 12.1 Å². The molecule has 1 unspecified atom stereocenters. The number of oxime groups is 1. The van der Waals surface area contributed by atoms with Gasteiger partial charge in [0, 0.05) is 13.6 Å². The van der Waals surface area contributed by atoms with E-state index >= 15 is 0 Å². The Kier molecular flexibility index (Phi) is 4.90. The Morgan fingerprint density at radius 2 is 2.13 bits per heavy atom. The van der Waals surface area contributed by atoms with Gasteiger partial charge < -0.3 is 21.2 Å². The van der Waals surface area contributed by atoms with E-state index in [9.17, 15) is 4.79 Å². The maximum Gasteiger partial charge on any atom is 0.317 e. The predicted octanol–water partition coefficient (Wildman–Crippen LogP) is 0.563. The molecule has 0 saturated heterocycles. The number of rotatable bonds is 4. The van der Waals surface area contributed by atoms with Crippen LogP contribution in [0.4, 0.5) is 4.79 Å². The standard InChI is InChI=1S/C9H20N4O2/c1-5-9(3,7(10)12-15)11-8(14)13(4)6-2/h15H,5-6H2,1-4H3,(H2,10,12)(H,11,14). The Labute approximate surface area is 90.1 Å². The second-order valence-corrected chi connectivity index (χ2v) is 3.62. The van der Waals surface area contributed by atoms with Gasteiger partial charge in [0.25, 0.3) is 0 Å². The Morgan fingerprint density at radius 3 is 2.47 bits per heavy atom. The fourth-order valence-corrected chi connectivity index (χ4v) is 0.919. The van der Waals surface area contributed by atoms with Gasteiger partial charge in [0.05, 0.1) is 5.54 Å². The van der Waals surface area contributed by atoms with Gasteiger partial charge in [-0.05, 0) is 20.3 Å². The largest absolute Gasteiger partial charge is 0.409 e. The third kappa shape index (κ3) is 3.30. The molecule has 0 aromatic carbocycles. The molecule has 0 fully saturated rings. The van der Waals surface area contributed by atoms with Gasteiger partial charge in [0.1, 0.15) is 0 Å². The topological polar surface area (TPSA) is 91.0 Å². The van der Waals surface area contributed by atoms with Gasteiger partial charge in [-0.3, -0.25) is 0 Å². The van der Waals surface area contributed by atoms with Crippen molar-refractivity contribution >= 4 is 11.9 Å². The first-order chi connectivity index (χ1) is 6.91. The number of nitrogens with zero attached hydrogens (tertiary/aromatic N) is 2. The molecule has 0 heterocycles. The summed E-state index contributed by atoms with van der Waals surface area (Å²) in [6.45, 7) is 6.03. The van der Waals surface area contributed by atoms with Crippen molar-refractivity contribution < 1.29 is 10.0 Å². The molecule has 0 bridgehead atoms. The third-order valence-corrected chi connectivity index (χ3v) is 2.58. The van der Waals surface area contributed by atoms with Crippen LogP contribution in [-0.4, -0.2) is 41.1 Å². The van der Waals surface area contributed by atoms with Crippen LogP contribution in [0.5, 0.6) is 0 Å². The zero-order chi connectivity index (χ0) is 12.1. The fraction of sp³-hybridized carbons (Fsp3) is 0.778. The Hall–Kier alpha value is -1.46. The van der Waals surface area contributed by atoms with E-state index in [0.29, 0.717) is 13.0 Å². The van der Waals surface area contributed by atoms with E-state index in [4.69, 9.17) is 10.9 Å². The van der Waals surface area contributed by atoms with Crippen LogP contribution in [0.3, 0.4) is 0 Å². The summed E-state index contributed by atoms with van der Waals surface area (Å²) in [5.74, 6) is 0.00264. The number of amides is 2. The molecule has 1 atom stereocenters. The maximum atomic E-state index is 11.6. The molecule has 0 radical (unpaired) electrons. The lowest BCUT2D eigenvalue weighted by atomic mass is 9.98. The number of amidine groups is 1. The first-order valence-corrected chi connectivity index (χ1v) is 4.92. The second-order valence-electron chi connectivity index (χ2n) is 3.62. The highest BCUT2D eigenvalue weighted by molar-refractivity contribution is 5.93. The van der Waals surface area contributed by atoms with Crippen molar-refractivity contribution in [3.05, 3.63) is 0 Å². The molecule has 6 nitrogen and oxygen atoms in total. The Balaban J connectivity index is 4.65. The van der Waals surface area contributed by atoms with Crippen LogP contribution >= 0.6 is 0 Å². The molecule has 0 aromatic heterocycles. The number of hydrogen-bond donors (Lipinski definition) is 3. The molecule has 0 rings (SSSR count). The van der Waals surface area contributed by atoms with E-state index in [0.717, 1.165) is 0 Å². The van der Waals surface area contributed by atoms with Crippen LogP contribution in [0.2, 0.25) is 0 Å². The van der Waals surface area contributed by atoms with Crippen molar-refractivity contribution in [1.29, 1.82) is 0 Å². The van der Waals surface area contributed by atoms with Gasteiger partial charge in [0.15, 0.2) is 5.84 Å². The quantitative estimate of drug-likeness (QED) is 0.277. The van der Waals surface area contributed by atoms with E-state index in [-0.39, 0.29) is 11.9 Å². The minimum atomic E-state index is -0.810. The molecule has 88 valence electrons. The molecule has 0 saturated carbocycles. The van der Waals surface area contributed by atoms with Gasteiger partial charge >= 0.3 is 6.03 Å². The zero-order valence-corrected chi connectivity index (χ0v) is 9.74. The zero-order valence-electron chi connectivity index (χ0n) is 9.74. The van der Waals surface area contributed by atoms with E-state index in [1.165, 1.54) is 4.90 Å². The summed E-state index contributed by atoms with van der Waals surface area (Å²) in [6, 6.07) is -0.242. The van der Waals surface area contributed by atoms with Crippen molar-refractivity contribution in [2.24, 2.45) is 10.9 Å². The number of carbonyl (C=O) groups is 1. The Bertz CT molecular complexity index is 254. The summed E-state index contributed by atoms with van der Waals surface area (Å²) in [4.78, 5) is 13.1. The van der Waals surface area contributed by atoms with Crippen molar-refractivity contribution in [3.63, 3.8) is 0 Å². The fourth-order valence-electron chi connectivity index (χ4n) is 0.919. The SMILES string of the molecule is CCN(C)C(=O)NC(C)(CC)C(N)=NO. The maximum absolute atomic E-state index is 11.6. The molecule has 0 aromatic rings. The van der Waals surface area contributed by atoms with Gasteiger partial charge in [-0.15, -0.1) is 0 Å². The van der Waals surface area contributed by atoms with Crippen molar-refractivity contribution in [2.45, 2.75) is 32.7 Å². The minimum Gasteiger partial charge on any atom is -0.409 e. The van der Waals surface area contributed by atoms with Crippen LogP contribution in [0.25, 0.3) is 0 Å². The molecule has 6 heteroatoms. The molecular formula is C9H20N4O2. The van der Waals surface area contributed by atoms with Crippen molar-refractivity contribution in [2.75, 3.05) is 13.6 Å². The predicted molar refractivity (Wildman–Crippen MR) is 58.9 cm³/mol. The van der Waals surface area contributed by atoms with Crippen LogP contribution in [0.1, 0.15) is 27.2 Å². The number of nitrogens with one attached hydrogen (secondary N) is 1. The molecule has 0 aliphatic carbocycles. The van der Waals surface area contributed by atoms with Crippen molar-refractivity contribution in [1.82, 2.24) is 10.2 Å². The highest BCUT2D eigenvalue weighted by Crippen LogP contribution is 2.09. The van der Waals surface area contributed by atoms with E-state index in [2.05, 4.69) is 10.5 Å². The molecule has 0 spiro atoms. The smallest absolute Gasteiger partial charge is 0.317 e. The average molecular weight is 216 g/mol. The van der Waals surface area contributed by atoms with Gasteiger partial charge in [-0.2, -0.15) is 0 Å². The van der Waals surface area contributed by atoms with E-state index in [1.54, 1.807) is 14.0 Å². The van der Waals surface area contributed by atoms with Crippen LogP contribution in [-0.2, 0) is 0 Å². The molecule has 15 heavy (non-hydrogen) atoms. The number of nitrogens with two attached hydrogens (primary N) is 1. The molecule has 0 aliphatic heterocycles. The highest BCUT2D eigenvalue weighted by Gasteiger charge is 2.30. The number of carbonyl (C=O) groups excluding carboxylic acids is 1. The minimum absolute atomic E-state index is 0.00264. The van der Waals surface area contributed by atoms with Gasteiger partial charge in [-0.25, -0.2) is 4.79 Å². The van der Waals surface area contributed by atoms with Crippen molar-refractivity contribution in [3.8, 4) is 0 Å². The van der Waals surface area contributed by atoms with Crippen LogP contribution in [0.15, 0.2) is 5.16 Å².